The lowest BCUT2D eigenvalue weighted by Crippen LogP contribution is -2.14. The standard InChI is InChI=1S/C8H18S4.C7H16O3S2/c1-2-4-11-7-8(6-10)12-5-3-9;8-1-3-11-5-7(10)6-12-4-2-9/h8-10H,2-7H2,1H3;7-10H,1-6H2. The van der Waals surface area contributed by atoms with E-state index < -0.39 is 0 Å². The molecule has 0 radical (unpaired) electrons. The number of aliphatic hydroxyl groups excluding tert-OH is 3. The molecule has 9 heteroatoms. The average molecular weight is 455 g/mol. The van der Waals surface area contributed by atoms with E-state index in [0.29, 0.717) is 23.0 Å². The topological polar surface area (TPSA) is 60.7 Å². The Hall–Kier alpha value is 1.98. The van der Waals surface area contributed by atoms with Crippen molar-refractivity contribution in [1.82, 2.24) is 0 Å². The van der Waals surface area contributed by atoms with Crippen LogP contribution in [0.15, 0.2) is 0 Å². The van der Waals surface area contributed by atoms with Crippen LogP contribution >= 0.6 is 72.3 Å². The largest absolute Gasteiger partial charge is 0.396 e. The predicted octanol–water partition coefficient (Wildman–Crippen LogP) is 2.89. The van der Waals surface area contributed by atoms with E-state index in [1.165, 1.54) is 17.9 Å². The normalized spacial score (nSPS) is 12.1. The maximum Gasteiger partial charge on any atom is 0.0720 e. The van der Waals surface area contributed by atoms with Gasteiger partial charge in [-0.25, -0.2) is 0 Å². The van der Waals surface area contributed by atoms with Gasteiger partial charge in [0.15, 0.2) is 0 Å². The Morgan fingerprint density at radius 3 is 1.79 bits per heavy atom. The zero-order valence-corrected chi connectivity index (χ0v) is 19.6. The van der Waals surface area contributed by atoms with Crippen molar-refractivity contribution in [1.29, 1.82) is 0 Å². The Morgan fingerprint density at radius 1 is 0.833 bits per heavy atom. The van der Waals surface area contributed by atoms with Crippen LogP contribution < -0.4 is 0 Å². The molecule has 0 aromatic heterocycles. The van der Waals surface area contributed by atoms with Crippen LogP contribution in [0.3, 0.4) is 0 Å². The van der Waals surface area contributed by atoms with Crippen LogP contribution in [0.1, 0.15) is 13.3 Å². The van der Waals surface area contributed by atoms with E-state index in [1.807, 2.05) is 23.5 Å². The third-order valence-electron chi connectivity index (χ3n) is 2.39. The van der Waals surface area contributed by atoms with E-state index in [2.05, 4.69) is 32.2 Å². The average Bonchev–Trinajstić information content (AvgIpc) is 2.59. The molecule has 0 aromatic carbocycles. The Morgan fingerprint density at radius 2 is 1.38 bits per heavy atom. The van der Waals surface area contributed by atoms with Crippen molar-refractivity contribution < 1.29 is 15.3 Å². The fourth-order valence-electron chi connectivity index (χ4n) is 1.35. The Balaban J connectivity index is 0. The second-order valence-electron chi connectivity index (χ2n) is 4.72. The summed E-state index contributed by atoms with van der Waals surface area (Å²) < 4.78 is 0. The molecule has 0 aliphatic rings. The second kappa shape index (κ2) is 25.0. The lowest BCUT2D eigenvalue weighted by atomic mass is 10.5. The molecule has 0 amide bonds. The molecule has 0 fully saturated rings. The van der Waals surface area contributed by atoms with E-state index in [4.69, 9.17) is 10.2 Å². The highest BCUT2D eigenvalue weighted by atomic mass is 32.2. The number of rotatable bonds is 16. The predicted molar refractivity (Wildman–Crippen MR) is 126 cm³/mol. The first-order valence-corrected chi connectivity index (χ1v) is 13.9. The smallest absolute Gasteiger partial charge is 0.0720 e. The highest BCUT2D eigenvalue weighted by Crippen LogP contribution is 2.18. The van der Waals surface area contributed by atoms with Crippen molar-refractivity contribution in [2.24, 2.45) is 0 Å². The van der Waals surface area contributed by atoms with Gasteiger partial charge in [-0.3, -0.25) is 0 Å². The molecule has 0 heterocycles. The molecule has 1 unspecified atom stereocenters. The molecule has 148 valence electrons. The molecule has 0 aliphatic heterocycles. The summed E-state index contributed by atoms with van der Waals surface area (Å²) in [6, 6.07) is 0. The number of hydrogen-bond donors (Lipinski definition) is 5. The van der Waals surface area contributed by atoms with Gasteiger partial charge in [-0.05, 0) is 17.9 Å². The summed E-state index contributed by atoms with van der Waals surface area (Å²) in [6.07, 6.45) is 0.958. The Kier molecular flexibility index (Phi) is 29.3. The summed E-state index contributed by atoms with van der Waals surface area (Å²) in [5.41, 5.74) is 0. The van der Waals surface area contributed by atoms with Crippen LogP contribution in [-0.4, -0.2) is 91.7 Å². The minimum atomic E-state index is -0.321. The Labute approximate surface area is 176 Å². The van der Waals surface area contributed by atoms with Gasteiger partial charge in [0.05, 0.1) is 19.3 Å². The highest BCUT2D eigenvalue weighted by Gasteiger charge is 2.05. The minimum Gasteiger partial charge on any atom is -0.396 e. The first-order valence-electron chi connectivity index (χ1n) is 8.12. The molecular formula is C15H34O3S6. The first-order chi connectivity index (χ1) is 11.7. The van der Waals surface area contributed by atoms with Crippen LogP contribution in [-0.2, 0) is 0 Å². The molecule has 0 aromatic rings. The molecule has 0 saturated carbocycles. The zero-order valence-electron chi connectivity index (χ0n) is 14.5. The quantitative estimate of drug-likeness (QED) is 0.182. The molecule has 0 saturated heterocycles. The van der Waals surface area contributed by atoms with Crippen molar-refractivity contribution in [2.75, 3.05) is 65.0 Å². The van der Waals surface area contributed by atoms with Crippen LogP contribution in [0.25, 0.3) is 0 Å². The van der Waals surface area contributed by atoms with E-state index >= 15 is 0 Å². The van der Waals surface area contributed by atoms with Crippen molar-refractivity contribution in [3.8, 4) is 0 Å². The maximum absolute atomic E-state index is 9.30. The summed E-state index contributed by atoms with van der Waals surface area (Å²) in [6.45, 7) is 2.56. The van der Waals surface area contributed by atoms with Gasteiger partial charge in [0.1, 0.15) is 0 Å². The van der Waals surface area contributed by atoms with Crippen LogP contribution in [0.4, 0.5) is 0 Å². The van der Waals surface area contributed by atoms with Crippen molar-refractivity contribution in [3.63, 3.8) is 0 Å². The molecule has 0 bridgehead atoms. The van der Waals surface area contributed by atoms with Crippen molar-refractivity contribution in [2.45, 2.75) is 24.7 Å². The molecular weight excluding hydrogens is 421 g/mol. The molecule has 0 spiro atoms. The van der Waals surface area contributed by atoms with Gasteiger partial charge in [0.25, 0.3) is 0 Å². The lowest BCUT2D eigenvalue weighted by molar-refractivity contribution is 0.225. The van der Waals surface area contributed by atoms with Gasteiger partial charge in [-0.1, -0.05) is 6.92 Å². The Bertz CT molecular complexity index is 217. The molecule has 3 N–H and O–H groups in total. The van der Waals surface area contributed by atoms with Crippen LogP contribution in [0.5, 0.6) is 0 Å². The third-order valence-corrected chi connectivity index (χ3v) is 8.58. The molecule has 1 atom stereocenters. The van der Waals surface area contributed by atoms with Gasteiger partial charge in [0.2, 0.25) is 0 Å². The maximum atomic E-state index is 9.30. The summed E-state index contributed by atoms with van der Waals surface area (Å²) in [5.74, 6) is 8.35. The van der Waals surface area contributed by atoms with Gasteiger partial charge in [0, 0.05) is 45.5 Å². The fraction of sp³-hybridized carbons (Fsp3) is 1.00. The van der Waals surface area contributed by atoms with E-state index in [1.54, 1.807) is 23.5 Å². The van der Waals surface area contributed by atoms with E-state index in [-0.39, 0.29) is 19.3 Å². The lowest BCUT2D eigenvalue weighted by Gasteiger charge is -2.12. The van der Waals surface area contributed by atoms with E-state index in [0.717, 1.165) is 22.5 Å². The highest BCUT2D eigenvalue weighted by molar-refractivity contribution is 8.04. The van der Waals surface area contributed by atoms with Gasteiger partial charge in [-0.15, -0.1) is 0 Å². The SMILES string of the molecule is CCCSCC(CS)SCCS.OCCSCC(O)CSCCO. The van der Waals surface area contributed by atoms with Crippen molar-refractivity contribution in [3.05, 3.63) is 0 Å². The van der Waals surface area contributed by atoms with Crippen LogP contribution in [0.2, 0.25) is 0 Å². The zero-order chi connectivity index (χ0) is 18.5. The first kappa shape index (κ1) is 28.2. The monoisotopic (exact) mass is 454 g/mol. The minimum absolute atomic E-state index is 0.168. The summed E-state index contributed by atoms with van der Waals surface area (Å²) >= 11 is 15.6. The summed E-state index contributed by atoms with van der Waals surface area (Å²) in [5, 5.41) is 26.9. The number of hydrogen-bond acceptors (Lipinski definition) is 9. The van der Waals surface area contributed by atoms with Gasteiger partial charge < -0.3 is 15.3 Å². The van der Waals surface area contributed by atoms with Crippen molar-refractivity contribution >= 4 is 72.3 Å². The molecule has 0 aliphatic carbocycles. The summed E-state index contributed by atoms with van der Waals surface area (Å²) in [7, 11) is 0. The third kappa shape index (κ3) is 24.0. The summed E-state index contributed by atoms with van der Waals surface area (Å²) in [4.78, 5) is 0. The fourth-order valence-corrected chi connectivity index (χ4v) is 5.86. The number of aliphatic hydroxyl groups is 3. The van der Waals surface area contributed by atoms with Gasteiger partial charge in [-0.2, -0.15) is 72.3 Å². The second-order valence-corrected chi connectivity index (χ2v) is 10.4. The molecule has 24 heavy (non-hydrogen) atoms. The van der Waals surface area contributed by atoms with Gasteiger partial charge >= 0.3 is 0 Å². The van der Waals surface area contributed by atoms with E-state index in [9.17, 15) is 5.11 Å². The number of thioether (sulfide) groups is 4. The molecule has 3 nitrogen and oxygen atoms in total. The number of thiol groups is 2. The van der Waals surface area contributed by atoms with Crippen LogP contribution in [0, 0.1) is 0 Å². The molecule has 0 rings (SSSR count).